The van der Waals surface area contributed by atoms with E-state index < -0.39 is 22.1 Å². The molecule has 4 nitrogen and oxygen atoms in total. The van der Waals surface area contributed by atoms with Gasteiger partial charge in [-0.2, -0.15) is 0 Å². The van der Waals surface area contributed by atoms with Gasteiger partial charge in [-0.1, -0.05) is 59.1 Å². The summed E-state index contributed by atoms with van der Waals surface area (Å²) in [7, 11) is 0. The lowest BCUT2D eigenvalue weighted by Gasteiger charge is -2.10. The fourth-order valence-corrected chi connectivity index (χ4v) is 5.74. The van der Waals surface area contributed by atoms with Crippen molar-refractivity contribution in [3.63, 3.8) is 0 Å². The highest BCUT2D eigenvalue weighted by Gasteiger charge is 2.67. The molecule has 1 N–H and O–H groups in total. The first kappa shape index (κ1) is 26.0. The number of carbonyl (C=O) groups excluding carboxylic acids is 3. The summed E-state index contributed by atoms with van der Waals surface area (Å²) in [4.78, 5) is 37.9. The van der Waals surface area contributed by atoms with Gasteiger partial charge in [-0.05, 0) is 54.4 Å². The molecule has 3 aromatic rings. The van der Waals surface area contributed by atoms with E-state index in [0.717, 1.165) is 0 Å². The minimum atomic E-state index is -1.33. The first-order valence-electron chi connectivity index (χ1n) is 10.5. The number of benzene rings is 3. The quantitative estimate of drug-likeness (QED) is 0.233. The molecule has 1 aliphatic carbocycles. The number of amides is 1. The first-order chi connectivity index (χ1) is 16.5. The van der Waals surface area contributed by atoms with Crippen molar-refractivity contribution < 1.29 is 14.4 Å². The van der Waals surface area contributed by atoms with E-state index in [0.29, 0.717) is 32.4 Å². The van der Waals surface area contributed by atoms with Crippen LogP contribution in [0.3, 0.4) is 0 Å². The van der Waals surface area contributed by atoms with Crippen LogP contribution < -0.4 is 5.32 Å². The van der Waals surface area contributed by atoms with E-state index in [1.54, 1.807) is 48.5 Å². The topological polar surface area (TPSA) is 63.2 Å². The summed E-state index contributed by atoms with van der Waals surface area (Å²) in [6, 6.07) is 16.4. The highest BCUT2D eigenvalue weighted by Crippen LogP contribution is 2.65. The molecule has 0 spiro atoms. The van der Waals surface area contributed by atoms with Gasteiger partial charge in [0.15, 0.2) is 11.6 Å². The van der Waals surface area contributed by atoms with Crippen LogP contribution in [0.5, 0.6) is 0 Å². The summed E-state index contributed by atoms with van der Waals surface area (Å²) in [5.74, 6) is -2.09. The van der Waals surface area contributed by atoms with Crippen molar-refractivity contribution in [2.75, 3.05) is 5.32 Å². The molecule has 180 valence electrons. The van der Waals surface area contributed by atoms with E-state index >= 15 is 0 Å². The average Bonchev–Trinajstić information content (AvgIpc) is 3.36. The normalized spacial score (nSPS) is 18.1. The number of ketones is 2. The second kappa shape index (κ2) is 10.1. The van der Waals surface area contributed by atoms with Crippen LogP contribution in [0.2, 0.25) is 15.1 Å². The lowest BCUT2D eigenvalue weighted by molar-refractivity contribution is -0.117. The van der Waals surface area contributed by atoms with Crippen LogP contribution in [-0.2, 0) is 11.2 Å². The third kappa shape index (κ3) is 5.52. The largest absolute Gasteiger partial charge is 0.326 e. The monoisotopic (exact) mass is 567 g/mol. The number of carbonyl (C=O) groups is 3. The summed E-state index contributed by atoms with van der Waals surface area (Å²) in [5, 5.41) is 3.82. The Bertz CT molecular complexity index is 1330. The minimum absolute atomic E-state index is 0.0143. The van der Waals surface area contributed by atoms with Crippen LogP contribution in [-0.4, -0.2) is 21.8 Å². The fraction of sp³-hybridized carbons (Fsp3) is 0.192. The van der Waals surface area contributed by atoms with Crippen molar-refractivity contribution >= 4 is 81.2 Å². The Balaban J connectivity index is 1.53. The predicted molar refractivity (Wildman–Crippen MR) is 142 cm³/mol. The Kier molecular flexibility index (Phi) is 7.51. The lowest BCUT2D eigenvalue weighted by Crippen LogP contribution is -2.17. The maximum absolute atomic E-state index is 13.0. The van der Waals surface area contributed by atoms with Crippen molar-refractivity contribution in [2.45, 2.75) is 23.6 Å². The Labute approximate surface area is 227 Å². The molecule has 35 heavy (non-hydrogen) atoms. The Morgan fingerprint density at radius 1 is 0.886 bits per heavy atom. The van der Waals surface area contributed by atoms with Crippen molar-refractivity contribution in [3.05, 3.63) is 98.0 Å². The lowest BCUT2D eigenvalue weighted by atomic mass is 9.97. The summed E-state index contributed by atoms with van der Waals surface area (Å²) < 4.78 is -1.33. The third-order valence-corrected chi connectivity index (χ3v) is 7.57. The summed E-state index contributed by atoms with van der Waals surface area (Å²) >= 11 is 31.3. The Hall–Kier alpha value is -2.08. The highest BCUT2D eigenvalue weighted by atomic mass is 35.5. The number of halogens is 5. The molecule has 1 amide bonds. The zero-order valence-corrected chi connectivity index (χ0v) is 22.0. The third-order valence-electron chi connectivity index (χ3n) is 5.86. The Morgan fingerprint density at radius 3 is 2.20 bits per heavy atom. The highest BCUT2D eigenvalue weighted by molar-refractivity contribution is 6.53. The predicted octanol–water partition coefficient (Wildman–Crippen LogP) is 7.80. The van der Waals surface area contributed by atoms with Crippen molar-refractivity contribution in [3.8, 4) is 0 Å². The van der Waals surface area contributed by atoms with Crippen molar-refractivity contribution in [1.29, 1.82) is 0 Å². The number of anilines is 1. The summed E-state index contributed by atoms with van der Waals surface area (Å²) in [5.41, 5.74) is 2.32. The van der Waals surface area contributed by atoms with Gasteiger partial charge in [0.2, 0.25) is 5.91 Å². The van der Waals surface area contributed by atoms with Crippen LogP contribution in [0.1, 0.15) is 44.7 Å². The van der Waals surface area contributed by atoms with E-state index in [9.17, 15) is 14.4 Å². The smallest absolute Gasteiger partial charge is 0.231 e. The van der Waals surface area contributed by atoms with E-state index in [-0.39, 0.29) is 28.6 Å². The van der Waals surface area contributed by atoms with Gasteiger partial charge in [0.05, 0.1) is 10.9 Å². The molecule has 3 aromatic carbocycles. The first-order valence-corrected chi connectivity index (χ1v) is 12.4. The Morgan fingerprint density at radius 2 is 1.54 bits per heavy atom. The van der Waals surface area contributed by atoms with Crippen LogP contribution in [0.25, 0.3) is 0 Å². The molecule has 0 saturated heterocycles. The standard InChI is InChI=1S/C26H18Cl5NO3/c1-13(33)19-5-3-2-4-14(19)10-22(34)20-12-18(6-7-21(20)29)32-25(35)24-23(26(24,30)31)15-8-16(27)11-17(28)9-15/h2-9,11-12,23-24H,10H2,1H3,(H,32,35). The number of alkyl halides is 2. The van der Waals surface area contributed by atoms with Gasteiger partial charge in [-0.25, -0.2) is 0 Å². The van der Waals surface area contributed by atoms with Gasteiger partial charge < -0.3 is 5.32 Å². The molecule has 0 bridgehead atoms. The molecule has 2 atom stereocenters. The fourth-order valence-electron chi connectivity index (χ4n) is 4.15. The molecule has 9 heteroatoms. The number of hydrogen-bond donors (Lipinski definition) is 1. The minimum Gasteiger partial charge on any atom is -0.326 e. The molecule has 0 aromatic heterocycles. The van der Waals surface area contributed by atoms with E-state index in [4.69, 9.17) is 58.0 Å². The molecule has 0 heterocycles. The van der Waals surface area contributed by atoms with E-state index in [1.807, 2.05) is 0 Å². The molecular formula is C26H18Cl5NO3. The van der Waals surface area contributed by atoms with Gasteiger partial charge >= 0.3 is 0 Å². The second-order valence-corrected chi connectivity index (χ2v) is 11.1. The maximum Gasteiger partial charge on any atom is 0.231 e. The average molecular weight is 570 g/mol. The van der Waals surface area contributed by atoms with Gasteiger partial charge in [-0.15, -0.1) is 23.2 Å². The van der Waals surface area contributed by atoms with Crippen LogP contribution in [0.4, 0.5) is 5.69 Å². The number of nitrogens with one attached hydrogen (secondary N) is 1. The molecule has 1 saturated carbocycles. The molecule has 1 fully saturated rings. The summed E-state index contributed by atoms with van der Waals surface area (Å²) in [6.07, 6.45) is -0.0143. The SMILES string of the molecule is CC(=O)c1ccccc1CC(=O)c1cc(NC(=O)C2C(c3cc(Cl)cc(Cl)c3)C2(Cl)Cl)ccc1Cl. The van der Waals surface area contributed by atoms with Crippen LogP contribution >= 0.6 is 58.0 Å². The van der Waals surface area contributed by atoms with Gasteiger partial charge in [0.25, 0.3) is 0 Å². The van der Waals surface area contributed by atoms with E-state index in [1.165, 1.54) is 19.1 Å². The zero-order chi connectivity index (χ0) is 25.5. The zero-order valence-electron chi connectivity index (χ0n) is 18.2. The molecule has 4 rings (SSSR count). The van der Waals surface area contributed by atoms with Gasteiger partial charge in [-0.3, -0.25) is 14.4 Å². The molecule has 0 aliphatic heterocycles. The van der Waals surface area contributed by atoms with Crippen molar-refractivity contribution in [2.24, 2.45) is 5.92 Å². The molecule has 0 radical (unpaired) electrons. The second-order valence-electron chi connectivity index (χ2n) is 8.33. The maximum atomic E-state index is 13.0. The van der Waals surface area contributed by atoms with Gasteiger partial charge in [0, 0.05) is 39.2 Å². The number of hydrogen-bond acceptors (Lipinski definition) is 3. The van der Waals surface area contributed by atoms with E-state index in [2.05, 4.69) is 5.32 Å². The van der Waals surface area contributed by atoms with Crippen LogP contribution in [0.15, 0.2) is 60.7 Å². The number of Topliss-reactive ketones (excluding diaryl/α,β-unsaturated/α-hetero) is 2. The number of rotatable bonds is 7. The van der Waals surface area contributed by atoms with Gasteiger partial charge in [0.1, 0.15) is 4.33 Å². The molecule has 2 unspecified atom stereocenters. The van der Waals surface area contributed by atoms with Crippen LogP contribution in [0, 0.1) is 5.92 Å². The molecule has 1 aliphatic rings. The molecular weight excluding hydrogens is 552 g/mol. The summed E-state index contributed by atoms with van der Waals surface area (Å²) in [6.45, 7) is 1.45. The van der Waals surface area contributed by atoms with Crippen molar-refractivity contribution in [1.82, 2.24) is 0 Å².